The van der Waals surface area contributed by atoms with Gasteiger partial charge in [0.2, 0.25) is 5.88 Å². The summed E-state index contributed by atoms with van der Waals surface area (Å²) in [5.74, 6) is -0.363. The maximum Gasteiger partial charge on any atom is 0.414 e. The van der Waals surface area contributed by atoms with Gasteiger partial charge in [0.05, 0.1) is 36.5 Å². The molecule has 3 aromatic rings. The number of nitrogens with one attached hydrogen (secondary N) is 1. The van der Waals surface area contributed by atoms with Crippen LogP contribution in [-0.4, -0.2) is 62.3 Å². The minimum absolute atomic E-state index is 0.0341. The van der Waals surface area contributed by atoms with Crippen LogP contribution in [0.3, 0.4) is 0 Å². The number of amides is 1. The third-order valence-electron chi connectivity index (χ3n) is 6.89. The average Bonchev–Trinajstić information content (AvgIpc) is 2.93. The molecule has 12 heteroatoms. The van der Waals surface area contributed by atoms with E-state index < -0.39 is 40.7 Å². The largest absolute Gasteiger partial charge is 0.477 e. The number of carbonyl (C=O) groups excluding carboxylic acids is 1. The molecule has 2 aromatic carbocycles. The number of fused-ring (bicyclic) bond motifs is 1. The molecule has 4 rings (SSSR count). The van der Waals surface area contributed by atoms with Crippen LogP contribution < -0.4 is 10.1 Å². The minimum atomic E-state index is -4.37. The van der Waals surface area contributed by atoms with E-state index in [4.69, 9.17) is 9.47 Å². The molecule has 2 heterocycles. The van der Waals surface area contributed by atoms with Crippen molar-refractivity contribution in [1.29, 1.82) is 0 Å². The number of pyridine rings is 1. The Morgan fingerprint density at radius 3 is 2.50 bits per heavy atom. The first-order valence-corrected chi connectivity index (χ1v) is 14.5. The van der Waals surface area contributed by atoms with E-state index in [-0.39, 0.29) is 36.2 Å². The fraction of sp³-hybridized carbons (Fsp3) is 0.429. The van der Waals surface area contributed by atoms with Crippen LogP contribution in [0.2, 0.25) is 0 Å². The number of hydrogen-bond acceptors (Lipinski definition) is 7. The lowest BCUT2D eigenvalue weighted by molar-refractivity contribution is -0.236. The van der Waals surface area contributed by atoms with Crippen molar-refractivity contribution in [3.63, 3.8) is 0 Å². The Morgan fingerprint density at radius 2 is 1.90 bits per heavy atom. The zero-order valence-electron chi connectivity index (χ0n) is 22.1. The highest BCUT2D eigenvalue weighted by Gasteiger charge is 2.43. The van der Waals surface area contributed by atoms with Crippen LogP contribution in [0, 0.1) is 12.8 Å². The molecule has 1 saturated heterocycles. The summed E-state index contributed by atoms with van der Waals surface area (Å²) in [7, 11) is -3.37. The fourth-order valence-electron chi connectivity index (χ4n) is 4.55. The number of benzene rings is 2. The Morgan fingerprint density at radius 1 is 1.18 bits per heavy atom. The number of alkyl halides is 3. The Kier molecular flexibility index (Phi) is 9.01. The van der Waals surface area contributed by atoms with Gasteiger partial charge in [0, 0.05) is 22.6 Å². The van der Waals surface area contributed by atoms with Crippen LogP contribution in [0.4, 0.5) is 13.2 Å². The van der Waals surface area contributed by atoms with Crippen molar-refractivity contribution in [2.24, 2.45) is 5.92 Å². The smallest absolute Gasteiger partial charge is 0.414 e. The van der Waals surface area contributed by atoms with Crippen LogP contribution in [0.15, 0.2) is 53.4 Å². The van der Waals surface area contributed by atoms with Crippen molar-refractivity contribution in [2.45, 2.75) is 49.9 Å². The van der Waals surface area contributed by atoms with Gasteiger partial charge in [-0.25, -0.2) is 13.4 Å². The molecule has 3 atom stereocenters. The Hall–Kier alpha value is -3.22. The molecule has 1 aromatic heterocycles. The number of halogens is 3. The first-order valence-electron chi connectivity index (χ1n) is 12.9. The molecule has 0 spiro atoms. The highest BCUT2D eigenvalue weighted by molar-refractivity contribution is 7.91. The van der Waals surface area contributed by atoms with Crippen LogP contribution in [0.1, 0.15) is 47.4 Å². The van der Waals surface area contributed by atoms with Gasteiger partial charge in [-0.2, -0.15) is 13.2 Å². The molecular formula is C28H31F3N2O6S. The predicted molar refractivity (Wildman–Crippen MR) is 142 cm³/mol. The first kappa shape index (κ1) is 29.8. The second-order valence-electron chi connectivity index (χ2n) is 9.80. The van der Waals surface area contributed by atoms with E-state index in [1.165, 1.54) is 12.1 Å². The Labute approximate surface area is 230 Å². The van der Waals surface area contributed by atoms with Gasteiger partial charge >= 0.3 is 6.18 Å². The van der Waals surface area contributed by atoms with Crippen molar-refractivity contribution in [2.75, 3.05) is 25.6 Å². The Bertz CT molecular complexity index is 1450. The molecule has 216 valence electrons. The van der Waals surface area contributed by atoms with Gasteiger partial charge in [-0.15, -0.1) is 0 Å². The van der Waals surface area contributed by atoms with E-state index in [0.717, 1.165) is 0 Å². The van der Waals surface area contributed by atoms with Crippen molar-refractivity contribution < 1.29 is 41.0 Å². The molecular weight excluding hydrogens is 549 g/mol. The van der Waals surface area contributed by atoms with E-state index in [2.05, 4.69) is 10.3 Å². The Balaban J connectivity index is 1.45. The van der Waals surface area contributed by atoms with E-state index in [9.17, 15) is 31.5 Å². The second-order valence-corrected chi connectivity index (χ2v) is 12.1. The lowest BCUT2D eigenvalue weighted by Crippen LogP contribution is -2.38. The zero-order valence-corrected chi connectivity index (χ0v) is 22.9. The fourth-order valence-corrected chi connectivity index (χ4v) is 5.43. The summed E-state index contributed by atoms with van der Waals surface area (Å²) in [5.41, 5.74) is 1.51. The van der Waals surface area contributed by atoms with E-state index in [1.54, 1.807) is 50.2 Å². The van der Waals surface area contributed by atoms with Gasteiger partial charge < -0.3 is 19.9 Å². The average molecular weight is 581 g/mol. The second kappa shape index (κ2) is 12.1. The van der Waals surface area contributed by atoms with Gasteiger partial charge in [0.1, 0.15) is 0 Å². The number of sulfone groups is 1. The topological polar surface area (TPSA) is 115 Å². The SMILES string of the molecule is CCS(=O)(=O)c1ccc(C(CO)NC(=O)c2ccc3c(OC[C@@H]4CC[C@H](C(F)(F)F)OC4)nc(C)cc3c2)cc1. The van der Waals surface area contributed by atoms with Crippen LogP contribution in [-0.2, 0) is 14.6 Å². The van der Waals surface area contributed by atoms with E-state index in [1.807, 2.05) is 0 Å². The first-order chi connectivity index (χ1) is 18.9. The standard InChI is InChI=1S/C28H31F3N2O6S/c1-3-40(36,37)22-8-5-19(6-9-22)24(14-34)33-26(35)20-7-10-23-21(13-20)12-17(2)32-27(23)39-16-18-4-11-25(38-15-18)28(29,30)31/h5-10,12-13,18,24-25,34H,3-4,11,14-16H2,1-2H3,(H,33,35)/t18-,24?,25-/m1/s1. The zero-order chi connectivity index (χ0) is 29.1. The maximum absolute atomic E-state index is 13.0. The van der Waals surface area contributed by atoms with Crippen molar-refractivity contribution >= 4 is 26.5 Å². The molecule has 1 aliphatic heterocycles. The van der Waals surface area contributed by atoms with Crippen LogP contribution in [0.5, 0.6) is 5.88 Å². The maximum atomic E-state index is 13.0. The molecule has 0 bridgehead atoms. The van der Waals surface area contributed by atoms with Crippen LogP contribution >= 0.6 is 0 Å². The van der Waals surface area contributed by atoms with E-state index >= 15 is 0 Å². The van der Waals surface area contributed by atoms with Gasteiger partial charge in [-0.3, -0.25) is 4.79 Å². The number of aliphatic hydroxyl groups excluding tert-OH is 1. The quantitative estimate of drug-likeness (QED) is 0.382. The number of nitrogens with zero attached hydrogens (tertiary/aromatic N) is 1. The number of aromatic nitrogens is 1. The molecule has 40 heavy (non-hydrogen) atoms. The number of ether oxygens (including phenoxy) is 2. The molecule has 1 fully saturated rings. The summed E-state index contributed by atoms with van der Waals surface area (Å²) in [6.07, 6.45) is -5.91. The van der Waals surface area contributed by atoms with Gasteiger partial charge in [0.15, 0.2) is 15.9 Å². The lowest BCUT2D eigenvalue weighted by Gasteiger charge is -2.30. The number of aliphatic hydroxyl groups is 1. The third kappa shape index (κ3) is 6.91. The molecule has 2 N–H and O–H groups in total. The van der Waals surface area contributed by atoms with Gasteiger partial charge in [-0.05, 0) is 67.1 Å². The normalized spacial score (nSPS) is 18.9. The number of hydrogen-bond donors (Lipinski definition) is 2. The van der Waals surface area contributed by atoms with Gasteiger partial charge in [0.25, 0.3) is 5.91 Å². The van der Waals surface area contributed by atoms with Crippen LogP contribution in [0.25, 0.3) is 10.8 Å². The van der Waals surface area contributed by atoms with E-state index in [0.29, 0.717) is 39.9 Å². The minimum Gasteiger partial charge on any atom is -0.477 e. The number of carbonyl (C=O) groups is 1. The third-order valence-corrected chi connectivity index (χ3v) is 8.64. The molecule has 1 amide bonds. The number of aryl methyl sites for hydroxylation is 1. The predicted octanol–water partition coefficient (Wildman–Crippen LogP) is 4.54. The molecule has 8 nitrogen and oxygen atoms in total. The van der Waals surface area contributed by atoms with Gasteiger partial charge in [-0.1, -0.05) is 19.1 Å². The monoisotopic (exact) mass is 580 g/mol. The summed E-state index contributed by atoms with van der Waals surface area (Å²) in [6, 6.07) is 12.0. The molecule has 0 saturated carbocycles. The highest BCUT2D eigenvalue weighted by Crippen LogP contribution is 2.32. The summed E-state index contributed by atoms with van der Waals surface area (Å²) < 4.78 is 73.5. The lowest BCUT2D eigenvalue weighted by atomic mass is 9.99. The summed E-state index contributed by atoms with van der Waals surface area (Å²) in [6.45, 7) is 3.02. The summed E-state index contributed by atoms with van der Waals surface area (Å²) in [5, 5.41) is 14.0. The molecule has 0 radical (unpaired) electrons. The molecule has 1 unspecified atom stereocenters. The number of rotatable bonds is 9. The summed E-state index contributed by atoms with van der Waals surface area (Å²) >= 11 is 0. The molecule has 0 aliphatic carbocycles. The van der Waals surface area contributed by atoms with Crippen molar-refractivity contribution in [3.8, 4) is 5.88 Å². The molecule has 1 aliphatic rings. The summed E-state index contributed by atoms with van der Waals surface area (Å²) in [4.78, 5) is 17.6. The van der Waals surface area contributed by atoms with Crippen molar-refractivity contribution in [3.05, 3.63) is 65.4 Å². The van der Waals surface area contributed by atoms with Crippen molar-refractivity contribution in [1.82, 2.24) is 10.3 Å². The highest BCUT2D eigenvalue weighted by atomic mass is 32.2.